The van der Waals surface area contributed by atoms with Crippen LogP contribution in [0.5, 0.6) is 0 Å². The Morgan fingerprint density at radius 3 is 2.44 bits per heavy atom. The minimum atomic E-state index is -2.10. The molecule has 1 saturated heterocycles. The predicted octanol–water partition coefficient (Wildman–Crippen LogP) is 3.24. The molecule has 1 amide bonds. The van der Waals surface area contributed by atoms with Gasteiger partial charge in [-0.15, -0.1) is 0 Å². The lowest BCUT2D eigenvalue weighted by atomic mass is 10.1. The van der Waals surface area contributed by atoms with Crippen LogP contribution in [0.3, 0.4) is 0 Å². The van der Waals surface area contributed by atoms with Crippen molar-refractivity contribution >= 4 is 28.1 Å². The van der Waals surface area contributed by atoms with Gasteiger partial charge in [0.25, 0.3) is 5.91 Å². The summed E-state index contributed by atoms with van der Waals surface area (Å²) in [5.41, 5.74) is -0.0754. The zero-order valence-electron chi connectivity index (χ0n) is 19.6. The summed E-state index contributed by atoms with van der Waals surface area (Å²) in [6.45, 7) is 12.8. The van der Waals surface area contributed by atoms with Gasteiger partial charge < -0.3 is 19.6 Å². The van der Waals surface area contributed by atoms with Gasteiger partial charge in [-0.05, 0) is 37.8 Å². The molecule has 0 saturated carbocycles. The number of nitrogens with one attached hydrogen (secondary N) is 1. The molecule has 1 aliphatic heterocycles. The van der Waals surface area contributed by atoms with Gasteiger partial charge in [-0.1, -0.05) is 37.8 Å². The highest BCUT2D eigenvalue weighted by atomic mass is 28.4. The Balaban J connectivity index is 1.80. The first kappa shape index (κ1) is 24.5. The molecule has 0 aliphatic carbocycles. The molecule has 0 unspecified atom stereocenters. The second-order valence-electron chi connectivity index (χ2n) is 10.2. The molecule has 1 aliphatic rings. The highest BCUT2D eigenvalue weighted by Gasteiger charge is 2.56. The van der Waals surface area contributed by atoms with E-state index < -0.39 is 39.6 Å². The molecule has 10 heteroatoms. The lowest BCUT2D eigenvalue weighted by molar-refractivity contribution is -0.0551. The molecule has 2 heterocycles. The van der Waals surface area contributed by atoms with Crippen molar-refractivity contribution in [1.82, 2.24) is 9.55 Å². The molecular weight excluding hydrogens is 442 g/mol. The molecule has 8 nitrogen and oxygen atoms in total. The van der Waals surface area contributed by atoms with Crippen LogP contribution in [0.15, 0.2) is 47.4 Å². The molecule has 2 aromatic rings. The second kappa shape index (κ2) is 9.02. The number of ether oxygens (including phenoxy) is 1. The first-order valence-electron chi connectivity index (χ1n) is 10.8. The number of hydrogen-bond donors (Lipinski definition) is 2. The van der Waals surface area contributed by atoms with Crippen molar-refractivity contribution in [2.45, 2.75) is 63.3 Å². The number of rotatable bonds is 7. The maximum absolute atomic E-state index is 12.8. The van der Waals surface area contributed by atoms with E-state index in [-0.39, 0.29) is 11.7 Å². The first-order valence-corrected chi connectivity index (χ1v) is 17.7. The van der Waals surface area contributed by atoms with E-state index in [4.69, 9.17) is 9.16 Å². The van der Waals surface area contributed by atoms with Gasteiger partial charge in [-0.2, -0.15) is 4.98 Å². The van der Waals surface area contributed by atoms with Gasteiger partial charge in [-0.25, -0.2) is 4.79 Å². The minimum absolute atomic E-state index is 0.164. The van der Waals surface area contributed by atoms with E-state index >= 15 is 0 Å². The number of benzene rings is 1. The molecule has 1 aromatic carbocycles. The second-order valence-corrected chi connectivity index (χ2v) is 20.1. The van der Waals surface area contributed by atoms with E-state index in [2.05, 4.69) is 49.6 Å². The molecule has 0 radical (unpaired) electrons. The normalized spacial score (nSPS) is 23.8. The zero-order chi connectivity index (χ0) is 23.7. The largest absolute Gasteiger partial charge is 0.415 e. The number of aliphatic hydroxyl groups is 1. The number of anilines is 1. The van der Waals surface area contributed by atoms with Gasteiger partial charge in [-0.3, -0.25) is 9.36 Å². The van der Waals surface area contributed by atoms with E-state index in [9.17, 15) is 14.7 Å². The van der Waals surface area contributed by atoms with Crippen LogP contribution >= 0.6 is 0 Å². The summed E-state index contributed by atoms with van der Waals surface area (Å²) in [6.07, 6.45) is 0.670. The SMILES string of the molecule is C[Si](C)(C)OC[C@H]1O[C@@H](n2ccc(NC(=O)c3ccccc3)nc2=O)C[C@@]1(O)[Si](C)(C)C. The standard InChI is InChI=1S/C22H33N3O5Si2/c1-31(2,3)22(28)14-19(30-17(22)15-29-32(4,5)6)25-13-12-18(24-21(25)27)23-20(26)16-10-8-7-9-11-16/h7-13,17,19,28H,14-15H2,1-6H3,(H,23,24,26,27)/t17-,19-,22-/m1/s1. The van der Waals surface area contributed by atoms with Crippen molar-refractivity contribution in [1.29, 1.82) is 0 Å². The molecular formula is C22H33N3O5Si2. The van der Waals surface area contributed by atoms with Gasteiger partial charge in [0, 0.05) is 18.2 Å². The van der Waals surface area contributed by atoms with Gasteiger partial charge in [0.05, 0.1) is 19.9 Å². The van der Waals surface area contributed by atoms with Crippen LogP contribution in [0.4, 0.5) is 5.82 Å². The maximum Gasteiger partial charge on any atom is 0.351 e. The van der Waals surface area contributed by atoms with Gasteiger partial charge in [0.2, 0.25) is 0 Å². The first-order chi connectivity index (χ1) is 14.8. The molecule has 0 bridgehead atoms. The Morgan fingerprint density at radius 1 is 1.22 bits per heavy atom. The van der Waals surface area contributed by atoms with Crippen molar-refractivity contribution in [3.63, 3.8) is 0 Å². The van der Waals surface area contributed by atoms with Gasteiger partial charge in [0.1, 0.15) is 18.1 Å². The van der Waals surface area contributed by atoms with Crippen molar-refractivity contribution in [3.8, 4) is 0 Å². The molecule has 2 N–H and O–H groups in total. The molecule has 1 aromatic heterocycles. The lowest BCUT2D eigenvalue weighted by Gasteiger charge is -2.39. The van der Waals surface area contributed by atoms with Gasteiger partial charge >= 0.3 is 5.69 Å². The Bertz CT molecular complexity index is 1020. The average molecular weight is 476 g/mol. The Kier molecular flexibility index (Phi) is 6.92. The van der Waals surface area contributed by atoms with E-state index in [0.717, 1.165) is 0 Å². The summed E-state index contributed by atoms with van der Waals surface area (Å²) in [5.74, 6) is -0.179. The summed E-state index contributed by atoms with van der Waals surface area (Å²) in [4.78, 5) is 29.1. The molecule has 1 fully saturated rings. The fourth-order valence-electron chi connectivity index (χ4n) is 3.68. The molecule has 0 spiro atoms. The van der Waals surface area contributed by atoms with Crippen molar-refractivity contribution in [3.05, 3.63) is 58.6 Å². The monoisotopic (exact) mass is 475 g/mol. The Labute approximate surface area is 190 Å². The highest BCUT2D eigenvalue weighted by molar-refractivity contribution is 6.79. The number of carbonyl (C=O) groups is 1. The van der Waals surface area contributed by atoms with E-state index in [1.54, 1.807) is 36.5 Å². The predicted molar refractivity (Wildman–Crippen MR) is 129 cm³/mol. The van der Waals surface area contributed by atoms with E-state index in [1.165, 1.54) is 4.57 Å². The van der Waals surface area contributed by atoms with Crippen molar-refractivity contribution < 1.29 is 19.1 Å². The zero-order valence-corrected chi connectivity index (χ0v) is 21.6. The van der Waals surface area contributed by atoms with Crippen molar-refractivity contribution in [2.24, 2.45) is 0 Å². The lowest BCUT2D eigenvalue weighted by Crippen LogP contribution is -2.59. The third kappa shape index (κ3) is 5.44. The molecule has 174 valence electrons. The number of amides is 1. The molecule has 3 atom stereocenters. The highest BCUT2D eigenvalue weighted by Crippen LogP contribution is 2.42. The molecule has 3 rings (SSSR count). The third-order valence-corrected chi connectivity index (χ3v) is 9.88. The smallest absolute Gasteiger partial charge is 0.351 e. The summed E-state index contributed by atoms with van der Waals surface area (Å²) in [5, 5.41) is 13.2. The number of aromatic nitrogens is 2. The summed E-state index contributed by atoms with van der Waals surface area (Å²) in [6, 6.07) is 10.3. The van der Waals surface area contributed by atoms with Crippen LogP contribution in [0, 0.1) is 0 Å². The fraction of sp³-hybridized carbons (Fsp3) is 0.500. The quantitative estimate of drug-likeness (QED) is 0.596. The average Bonchev–Trinajstić information content (AvgIpc) is 3.04. The minimum Gasteiger partial charge on any atom is -0.415 e. The summed E-state index contributed by atoms with van der Waals surface area (Å²) < 4.78 is 13.6. The molecule has 32 heavy (non-hydrogen) atoms. The third-order valence-electron chi connectivity index (χ3n) is 5.72. The van der Waals surface area contributed by atoms with Crippen LogP contribution in [0.2, 0.25) is 39.3 Å². The van der Waals surface area contributed by atoms with Crippen LogP contribution in [0.1, 0.15) is 23.0 Å². The summed E-state index contributed by atoms with van der Waals surface area (Å²) >= 11 is 0. The van der Waals surface area contributed by atoms with E-state index in [1.807, 2.05) is 6.07 Å². The van der Waals surface area contributed by atoms with Crippen LogP contribution < -0.4 is 11.0 Å². The number of carbonyl (C=O) groups excluding carboxylic acids is 1. The topological polar surface area (TPSA) is 103 Å². The maximum atomic E-state index is 12.8. The van der Waals surface area contributed by atoms with Crippen LogP contribution in [-0.2, 0) is 9.16 Å². The van der Waals surface area contributed by atoms with Crippen molar-refractivity contribution in [2.75, 3.05) is 11.9 Å². The van der Waals surface area contributed by atoms with Crippen LogP contribution in [0.25, 0.3) is 0 Å². The Morgan fingerprint density at radius 2 is 1.88 bits per heavy atom. The summed E-state index contributed by atoms with van der Waals surface area (Å²) in [7, 11) is -3.90. The number of hydrogen-bond acceptors (Lipinski definition) is 6. The number of nitrogens with zero attached hydrogens (tertiary/aromatic N) is 2. The Hall–Kier alpha value is -2.12. The fourth-order valence-corrected chi connectivity index (χ4v) is 6.24. The van der Waals surface area contributed by atoms with Crippen LogP contribution in [-0.4, -0.2) is 54.9 Å². The van der Waals surface area contributed by atoms with E-state index in [0.29, 0.717) is 18.6 Å². The van der Waals surface area contributed by atoms with Gasteiger partial charge in [0.15, 0.2) is 8.32 Å².